The van der Waals surface area contributed by atoms with Gasteiger partial charge >= 0.3 is 0 Å². The Bertz CT molecular complexity index is 115. The number of ether oxygens (including phenoxy) is 2. The zero-order chi connectivity index (χ0) is 8.69. The molecule has 0 aromatic carbocycles. The monoisotopic (exact) mass is 159 g/mol. The number of rotatable bonds is 6. The minimum absolute atomic E-state index is 0.201. The van der Waals surface area contributed by atoms with E-state index in [1.807, 2.05) is 14.0 Å². The average Bonchev–Trinajstić information content (AvgIpc) is 2.03. The van der Waals surface area contributed by atoms with Crippen LogP contribution in [0.2, 0.25) is 0 Å². The molecule has 0 aliphatic rings. The Balaban J connectivity index is 3.36. The predicted octanol–water partition coefficient (Wildman–Crippen LogP) is 0.771. The molecule has 1 atom stereocenters. The van der Waals surface area contributed by atoms with Crippen LogP contribution in [0.1, 0.15) is 6.92 Å². The van der Waals surface area contributed by atoms with Crippen molar-refractivity contribution in [3.63, 3.8) is 0 Å². The highest BCUT2D eigenvalue weighted by Gasteiger charge is 2.02. The van der Waals surface area contributed by atoms with Crippen molar-refractivity contribution in [1.82, 2.24) is 5.32 Å². The first-order chi connectivity index (χ1) is 5.22. The van der Waals surface area contributed by atoms with Crippen LogP contribution in [0.25, 0.3) is 0 Å². The zero-order valence-electron chi connectivity index (χ0n) is 7.52. The molecule has 1 unspecified atom stereocenters. The van der Waals surface area contributed by atoms with Crippen molar-refractivity contribution in [1.29, 1.82) is 0 Å². The van der Waals surface area contributed by atoms with Gasteiger partial charge in [0.15, 0.2) is 0 Å². The molecule has 11 heavy (non-hydrogen) atoms. The van der Waals surface area contributed by atoms with Crippen molar-refractivity contribution in [3.05, 3.63) is 12.3 Å². The highest BCUT2D eigenvalue weighted by Crippen LogP contribution is 1.99. The maximum Gasteiger partial charge on any atom is 0.111 e. The maximum absolute atomic E-state index is 5.25. The smallest absolute Gasteiger partial charge is 0.111 e. The van der Waals surface area contributed by atoms with Gasteiger partial charge in [-0.05, 0) is 14.0 Å². The molecule has 0 spiro atoms. The molecule has 0 rings (SSSR count). The van der Waals surface area contributed by atoms with Crippen LogP contribution in [0.4, 0.5) is 0 Å². The highest BCUT2D eigenvalue weighted by atomic mass is 16.5. The van der Waals surface area contributed by atoms with E-state index in [9.17, 15) is 0 Å². The number of likely N-dealkylation sites (N-methyl/N-ethyl adjacent to an activating group) is 1. The second-order valence-corrected chi connectivity index (χ2v) is 2.32. The Morgan fingerprint density at radius 1 is 1.55 bits per heavy atom. The quantitative estimate of drug-likeness (QED) is 0.458. The molecule has 0 saturated heterocycles. The SMILES string of the molecule is C=C(OCCOC)C(C)NC. The normalized spacial score (nSPS) is 12.6. The third kappa shape index (κ3) is 4.81. The van der Waals surface area contributed by atoms with Crippen LogP contribution in [-0.2, 0) is 9.47 Å². The van der Waals surface area contributed by atoms with Crippen molar-refractivity contribution in [2.75, 3.05) is 27.4 Å². The fourth-order valence-corrected chi connectivity index (χ4v) is 0.542. The summed E-state index contributed by atoms with van der Waals surface area (Å²) >= 11 is 0. The number of hydrogen-bond acceptors (Lipinski definition) is 3. The minimum atomic E-state index is 0.201. The molecule has 0 amide bonds. The number of nitrogens with one attached hydrogen (secondary N) is 1. The van der Waals surface area contributed by atoms with E-state index in [-0.39, 0.29) is 6.04 Å². The lowest BCUT2D eigenvalue weighted by Crippen LogP contribution is -2.25. The summed E-state index contributed by atoms with van der Waals surface area (Å²) in [6, 6.07) is 0.201. The van der Waals surface area contributed by atoms with E-state index in [1.54, 1.807) is 7.11 Å². The van der Waals surface area contributed by atoms with Gasteiger partial charge in [-0.1, -0.05) is 6.58 Å². The van der Waals surface area contributed by atoms with Gasteiger partial charge in [0.1, 0.15) is 12.4 Å². The molecule has 3 heteroatoms. The summed E-state index contributed by atoms with van der Waals surface area (Å²) in [7, 11) is 3.52. The van der Waals surface area contributed by atoms with E-state index in [0.717, 1.165) is 5.76 Å². The van der Waals surface area contributed by atoms with E-state index >= 15 is 0 Å². The lowest BCUT2D eigenvalue weighted by molar-refractivity contribution is 0.103. The first-order valence-corrected chi connectivity index (χ1v) is 3.70. The molecule has 0 heterocycles. The van der Waals surface area contributed by atoms with Gasteiger partial charge in [-0.3, -0.25) is 0 Å². The Labute approximate surface area is 68.4 Å². The topological polar surface area (TPSA) is 30.5 Å². The van der Waals surface area contributed by atoms with Crippen molar-refractivity contribution in [2.24, 2.45) is 0 Å². The minimum Gasteiger partial charge on any atom is -0.495 e. The third-order valence-electron chi connectivity index (χ3n) is 1.49. The van der Waals surface area contributed by atoms with E-state index in [1.165, 1.54) is 0 Å². The molecule has 0 aliphatic carbocycles. The average molecular weight is 159 g/mol. The van der Waals surface area contributed by atoms with Gasteiger partial charge in [0.2, 0.25) is 0 Å². The first kappa shape index (κ1) is 10.5. The molecular formula is C8H17NO2. The molecular weight excluding hydrogens is 142 g/mol. The van der Waals surface area contributed by atoms with Crippen molar-refractivity contribution in [2.45, 2.75) is 13.0 Å². The van der Waals surface area contributed by atoms with Gasteiger partial charge in [0, 0.05) is 7.11 Å². The molecule has 0 fully saturated rings. The third-order valence-corrected chi connectivity index (χ3v) is 1.49. The highest BCUT2D eigenvalue weighted by molar-refractivity contribution is 4.93. The Morgan fingerprint density at radius 3 is 2.64 bits per heavy atom. The van der Waals surface area contributed by atoms with E-state index < -0.39 is 0 Å². The maximum atomic E-state index is 5.25. The standard InChI is InChI=1S/C8H17NO2/c1-7(9-3)8(2)11-6-5-10-4/h7,9H,2,5-6H2,1,3-4H3. The Hall–Kier alpha value is -0.540. The van der Waals surface area contributed by atoms with Gasteiger partial charge in [-0.25, -0.2) is 0 Å². The van der Waals surface area contributed by atoms with Gasteiger partial charge in [0.25, 0.3) is 0 Å². The second kappa shape index (κ2) is 6.19. The molecule has 0 aromatic rings. The first-order valence-electron chi connectivity index (χ1n) is 3.70. The van der Waals surface area contributed by atoms with Gasteiger partial charge in [0.05, 0.1) is 12.6 Å². The molecule has 0 saturated carbocycles. The number of hydrogen-bond donors (Lipinski definition) is 1. The molecule has 0 bridgehead atoms. The molecule has 0 aromatic heterocycles. The van der Waals surface area contributed by atoms with Crippen molar-refractivity contribution in [3.8, 4) is 0 Å². The summed E-state index contributed by atoms with van der Waals surface area (Å²) < 4.78 is 10.1. The number of methoxy groups -OCH3 is 1. The van der Waals surface area contributed by atoms with Crippen LogP contribution in [0.15, 0.2) is 12.3 Å². The fraction of sp³-hybridized carbons (Fsp3) is 0.750. The van der Waals surface area contributed by atoms with Crippen LogP contribution in [-0.4, -0.2) is 33.4 Å². The second-order valence-electron chi connectivity index (χ2n) is 2.32. The summed E-state index contributed by atoms with van der Waals surface area (Å²) in [5.41, 5.74) is 0. The molecule has 66 valence electrons. The lowest BCUT2D eigenvalue weighted by atomic mass is 10.3. The van der Waals surface area contributed by atoms with Crippen LogP contribution >= 0.6 is 0 Å². The van der Waals surface area contributed by atoms with Gasteiger partial charge in [-0.2, -0.15) is 0 Å². The summed E-state index contributed by atoms with van der Waals surface area (Å²) in [4.78, 5) is 0. The largest absolute Gasteiger partial charge is 0.495 e. The van der Waals surface area contributed by atoms with Crippen LogP contribution in [0, 0.1) is 0 Å². The lowest BCUT2D eigenvalue weighted by Gasteiger charge is -2.14. The van der Waals surface area contributed by atoms with Gasteiger partial charge < -0.3 is 14.8 Å². The summed E-state index contributed by atoms with van der Waals surface area (Å²) in [5.74, 6) is 0.754. The predicted molar refractivity (Wildman–Crippen MR) is 45.5 cm³/mol. The van der Waals surface area contributed by atoms with E-state index in [0.29, 0.717) is 13.2 Å². The summed E-state index contributed by atoms with van der Waals surface area (Å²) in [6.07, 6.45) is 0. The Morgan fingerprint density at radius 2 is 2.18 bits per heavy atom. The summed E-state index contributed by atoms with van der Waals surface area (Å²) in [5, 5.41) is 3.03. The van der Waals surface area contributed by atoms with Gasteiger partial charge in [-0.15, -0.1) is 0 Å². The van der Waals surface area contributed by atoms with Crippen LogP contribution in [0.3, 0.4) is 0 Å². The van der Waals surface area contributed by atoms with E-state index in [4.69, 9.17) is 9.47 Å². The summed E-state index contributed by atoms with van der Waals surface area (Å²) in [6.45, 7) is 6.93. The molecule has 3 nitrogen and oxygen atoms in total. The van der Waals surface area contributed by atoms with Crippen LogP contribution in [0.5, 0.6) is 0 Å². The molecule has 1 N–H and O–H groups in total. The molecule has 0 aliphatic heterocycles. The van der Waals surface area contributed by atoms with Crippen molar-refractivity contribution >= 4 is 0 Å². The van der Waals surface area contributed by atoms with Crippen molar-refractivity contribution < 1.29 is 9.47 Å². The van der Waals surface area contributed by atoms with E-state index in [2.05, 4.69) is 11.9 Å². The van der Waals surface area contributed by atoms with Crippen LogP contribution < -0.4 is 5.32 Å². The molecule has 0 radical (unpaired) electrons. The zero-order valence-corrected chi connectivity index (χ0v) is 7.52. The fourth-order valence-electron chi connectivity index (χ4n) is 0.542. The Kier molecular flexibility index (Phi) is 5.88.